The van der Waals surface area contributed by atoms with Gasteiger partial charge in [-0.1, -0.05) is 0 Å². The van der Waals surface area contributed by atoms with Gasteiger partial charge in [0.05, 0.1) is 5.56 Å². The number of carbonyl (C=O) groups excluding carboxylic acids is 2. The summed E-state index contributed by atoms with van der Waals surface area (Å²) in [5.41, 5.74) is 2.44. The molecule has 0 bridgehead atoms. The van der Waals surface area contributed by atoms with Crippen LogP contribution in [0.25, 0.3) is 0 Å². The van der Waals surface area contributed by atoms with Gasteiger partial charge < -0.3 is 19.5 Å². The SMILES string of the molecule is Cc1cc(C(=O)NCCCN2CCN(C(=O)OC(C)(C)C)CC2)c(C)n1C(C)C. The van der Waals surface area contributed by atoms with Gasteiger partial charge in [0.1, 0.15) is 5.60 Å². The molecule has 0 aliphatic carbocycles. The van der Waals surface area contributed by atoms with E-state index in [-0.39, 0.29) is 12.0 Å². The molecule has 0 radical (unpaired) electrons. The van der Waals surface area contributed by atoms with Crippen LogP contribution in [0.15, 0.2) is 6.07 Å². The molecule has 0 atom stereocenters. The first kappa shape index (κ1) is 23.3. The topological polar surface area (TPSA) is 66.8 Å². The molecule has 29 heavy (non-hydrogen) atoms. The zero-order valence-electron chi connectivity index (χ0n) is 19.2. The van der Waals surface area contributed by atoms with Gasteiger partial charge in [-0.15, -0.1) is 0 Å². The van der Waals surface area contributed by atoms with Gasteiger partial charge in [-0.25, -0.2) is 4.79 Å². The van der Waals surface area contributed by atoms with Gasteiger partial charge in [0, 0.05) is 50.2 Å². The standard InChI is InChI=1S/C22H38N4O3/c1-16(2)26-17(3)15-19(18(26)4)20(27)23-9-8-10-24-11-13-25(14-12-24)21(28)29-22(5,6)7/h15-16H,8-14H2,1-7H3,(H,23,27). The van der Waals surface area contributed by atoms with Gasteiger partial charge in [0.15, 0.2) is 0 Å². The summed E-state index contributed by atoms with van der Waals surface area (Å²) < 4.78 is 7.63. The molecule has 7 nitrogen and oxygen atoms in total. The van der Waals surface area contributed by atoms with Crippen molar-refractivity contribution in [1.29, 1.82) is 0 Å². The van der Waals surface area contributed by atoms with Crippen LogP contribution in [0.2, 0.25) is 0 Å². The Labute approximate surface area is 175 Å². The van der Waals surface area contributed by atoms with Gasteiger partial charge in [-0.3, -0.25) is 9.69 Å². The molecule has 2 amide bonds. The molecule has 0 aromatic carbocycles. The van der Waals surface area contributed by atoms with E-state index in [0.29, 0.717) is 25.7 Å². The van der Waals surface area contributed by atoms with E-state index >= 15 is 0 Å². The Bertz CT molecular complexity index is 710. The number of nitrogens with zero attached hydrogens (tertiary/aromatic N) is 3. The molecule has 1 N–H and O–H groups in total. The van der Waals surface area contributed by atoms with Gasteiger partial charge in [0.2, 0.25) is 0 Å². The zero-order valence-corrected chi connectivity index (χ0v) is 19.2. The van der Waals surface area contributed by atoms with Crippen LogP contribution in [0.5, 0.6) is 0 Å². The Morgan fingerprint density at radius 3 is 2.28 bits per heavy atom. The number of ether oxygens (including phenoxy) is 1. The van der Waals surface area contributed by atoms with E-state index in [1.165, 1.54) is 0 Å². The van der Waals surface area contributed by atoms with E-state index in [2.05, 4.69) is 28.6 Å². The third kappa shape index (κ3) is 6.49. The predicted molar refractivity (Wildman–Crippen MR) is 115 cm³/mol. The highest BCUT2D eigenvalue weighted by molar-refractivity contribution is 5.95. The molecule has 2 heterocycles. The average Bonchev–Trinajstić information content (AvgIpc) is 2.92. The molecule has 1 aromatic rings. The second-order valence-electron chi connectivity index (χ2n) is 9.17. The van der Waals surface area contributed by atoms with E-state index in [0.717, 1.165) is 43.0 Å². The molecule has 1 aromatic heterocycles. The molecule has 1 saturated heterocycles. The second-order valence-corrected chi connectivity index (χ2v) is 9.17. The van der Waals surface area contributed by atoms with Crippen LogP contribution in [0, 0.1) is 13.8 Å². The summed E-state index contributed by atoms with van der Waals surface area (Å²) in [4.78, 5) is 28.8. The number of hydrogen-bond acceptors (Lipinski definition) is 4. The van der Waals surface area contributed by atoms with E-state index in [1.54, 1.807) is 4.90 Å². The van der Waals surface area contributed by atoms with Crippen molar-refractivity contribution in [2.75, 3.05) is 39.3 Å². The van der Waals surface area contributed by atoms with E-state index < -0.39 is 5.60 Å². The van der Waals surface area contributed by atoms with Crippen LogP contribution in [0.4, 0.5) is 4.79 Å². The molecule has 164 valence electrons. The van der Waals surface area contributed by atoms with Gasteiger partial charge in [0.25, 0.3) is 5.91 Å². The van der Waals surface area contributed by atoms with E-state index in [1.807, 2.05) is 40.7 Å². The summed E-state index contributed by atoms with van der Waals surface area (Å²) in [7, 11) is 0. The first-order valence-corrected chi connectivity index (χ1v) is 10.7. The summed E-state index contributed by atoms with van der Waals surface area (Å²) >= 11 is 0. The highest BCUT2D eigenvalue weighted by Crippen LogP contribution is 2.20. The lowest BCUT2D eigenvalue weighted by atomic mass is 10.2. The van der Waals surface area contributed by atoms with Crippen LogP contribution >= 0.6 is 0 Å². The van der Waals surface area contributed by atoms with Gasteiger partial charge in [-0.05, 0) is 67.5 Å². The van der Waals surface area contributed by atoms with E-state index in [4.69, 9.17) is 4.74 Å². The molecule has 2 rings (SSSR count). The van der Waals surface area contributed by atoms with Crippen molar-refractivity contribution in [3.05, 3.63) is 23.0 Å². The largest absolute Gasteiger partial charge is 0.444 e. The second kappa shape index (κ2) is 9.65. The highest BCUT2D eigenvalue weighted by Gasteiger charge is 2.25. The fraction of sp³-hybridized carbons (Fsp3) is 0.727. The smallest absolute Gasteiger partial charge is 0.410 e. The average molecular weight is 407 g/mol. The maximum absolute atomic E-state index is 12.5. The fourth-order valence-corrected chi connectivity index (χ4v) is 3.88. The molecule has 0 saturated carbocycles. The lowest BCUT2D eigenvalue weighted by molar-refractivity contribution is 0.0144. The van der Waals surface area contributed by atoms with Crippen molar-refractivity contribution < 1.29 is 14.3 Å². The fourth-order valence-electron chi connectivity index (χ4n) is 3.88. The van der Waals surface area contributed by atoms with Crippen molar-refractivity contribution in [2.24, 2.45) is 0 Å². The van der Waals surface area contributed by atoms with Gasteiger partial charge in [-0.2, -0.15) is 0 Å². The summed E-state index contributed by atoms with van der Waals surface area (Å²) in [6.45, 7) is 18.6. The third-order valence-electron chi connectivity index (χ3n) is 5.21. The molecule has 1 fully saturated rings. The molecular formula is C22H38N4O3. The normalized spacial score (nSPS) is 15.7. The lowest BCUT2D eigenvalue weighted by Gasteiger charge is -2.35. The number of hydrogen-bond donors (Lipinski definition) is 1. The summed E-state index contributed by atoms with van der Waals surface area (Å²) in [6, 6.07) is 2.32. The van der Waals surface area contributed by atoms with Crippen molar-refractivity contribution in [3.63, 3.8) is 0 Å². The van der Waals surface area contributed by atoms with Crippen LogP contribution in [0.3, 0.4) is 0 Å². The van der Waals surface area contributed by atoms with E-state index in [9.17, 15) is 9.59 Å². The first-order chi connectivity index (χ1) is 13.5. The zero-order chi connectivity index (χ0) is 21.8. The number of aromatic nitrogens is 1. The maximum Gasteiger partial charge on any atom is 0.410 e. The Hall–Kier alpha value is -2.02. The highest BCUT2D eigenvalue weighted by atomic mass is 16.6. The Balaban J connectivity index is 1.71. The van der Waals surface area contributed by atoms with Crippen molar-refractivity contribution >= 4 is 12.0 Å². The van der Waals surface area contributed by atoms with Crippen LogP contribution in [0.1, 0.15) is 68.8 Å². The number of nitrogens with one attached hydrogen (secondary N) is 1. The predicted octanol–water partition coefficient (Wildman–Crippen LogP) is 3.36. The van der Waals surface area contributed by atoms with Crippen LogP contribution in [-0.4, -0.2) is 71.2 Å². The Morgan fingerprint density at radius 2 is 1.76 bits per heavy atom. The summed E-state index contributed by atoms with van der Waals surface area (Å²) in [5, 5.41) is 3.05. The summed E-state index contributed by atoms with van der Waals surface area (Å²) in [5.74, 6) is -0.000236. The molecular weight excluding hydrogens is 368 g/mol. The minimum absolute atomic E-state index is 0.000236. The lowest BCUT2D eigenvalue weighted by Crippen LogP contribution is -2.50. The Kier molecular flexibility index (Phi) is 7.74. The number of carbonyl (C=O) groups is 2. The summed E-state index contributed by atoms with van der Waals surface area (Å²) in [6.07, 6.45) is 0.657. The number of rotatable bonds is 6. The minimum Gasteiger partial charge on any atom is -0.444 e. The number of piperazine rings is 1. The van der Waals surface area contributed by atoms with Crippen LogP contribution < -0.4 is 5.32 Å². The molecule has 7 heteroatoms. The monoisotopic (exact) mass is 406 g/mol. The van der Waals surface area contributed by atoms with Crippen molar-refractivity contribution in [3.8, 4) is 0 Å². The first-order valence-electron chi connectivity index (χ1n) is 10.7. The maximum atomic E-state index is 12.5. The number of amides is 2. The number of aryl methyl sites for hydroxylation is 1. The molecule has 1 aliphatic rings. The van der Waals surface area contributed by atoms with Gasteiger partial charge >= 0.3 is 6.09 Å². The molecule has 0 unspecified atom stereocenters. The molecule has 1 aliphatic heterocycles. The van der Waals surface area contributed by atoms with Crippen LogP contribution in [-0.2, 0) is 4.74 Å². The Morgan fingerprint density at radius 1 is 1.14 bits per heavy atom. The molecule has 0 spiro atoms. The minimum atomic E-state index is -0.459. The van der Waals surface area contributed by atoms with Crippen molar-refractivity contribution in [2.45, 2.75) is 66.5 Å². The van der Waals surface area contributed by atoms with Crippen molar-refractivity contribution in [1.82, 2.24) is 19.7 Å². The quantitative estimate of drug-likeness (QED) is 0.736. The third-order valence-corrected chi connectivity index (χ3v) is 5.21.